The highest BCUT2D eigenvalue weighted by molar-refractivity contribution is 5.82. The highest BCUT2D eigenvalue weighted by Crippen LogP contribution is 2.32. The molecule has 1 aliphatic rings. The number of benzene rings is 2. The Hall–Kier alpha value is -2.21. The van der Waals surface area contributed by atoms with E-state index in [9.17, 15) is 5.11 Å². The first-order valence-corrected chi connectivity index (χ1v) is 8.99. The largest absolute Gasteiger partial charge is 0.391 e. The van der Waals surface area contributed by atoms with Gasteiger partial charge in [0.15, 0.2) is 0 Å². The highest BCUT2D eigenvalue weighted by atomic mass is 16.5. The number of hydrogen-bond donors (Lipinski definition) is 2. The van der Waals surface area contributed by atoms with Crippen LogP contribution in [-0.2, 0) is 17.8 Å². The topological polar surface area (TPSA) is 71.1 Å². The van der Waals surface area contributed by atoms with Crippen LogP contribution in [-0.4, -0.2) is 42.1 Å². The quantitative estimate of drug-likeness (QED) is 0.476. The van der Waals surface area contributed by atoms with E-state index < -0.39 is 6.10 Å². The fourth-order valence-electron chi connectivity index (χ4n) is 3.11. The summed E-state index contributed by atoms with van der Waals surface area (Å²) >= 11 is 0. The van der Waals surface area contributed by atoms with Gasteiger partial charge in [0, 0.05) is 20.0 Å². The molecule has 0 radical (unpaired) electrons. The first kappa shape index (κ1) is 18.6. The minimum absolute atomic E-state index is 0.315. The second-order valence-corrected chi connectivity index (χ2v) is 6.80. The number of ether oxygens (including phenoxy) is 1. The van der Waals surface area contributed by atoms with Crippen LogP contribution in [0, 0.1) is 0 Å². The molecule has 0 saturated carbocycles. The summed E-state index contributed by atoms with van der Waals surface area (Å²) in [6, 6.07) is 15.8. The molecule has 1 aliphatic carbocycles. The molecule has 0 heterocycles. The monoisotopic (exact) mass is 353 g/mol. The Morgan fingerprint density at radius 3 is 2.81 bits per heavy atom. The smallest absolute Gasteiger partial charge is 0.101 e. The normalized spacial score (nSPS) is 19.5. The number of aliphatic imine (C=N–C) groups is 1. The van der Waals surface area contributed by atoms with E-state index in [0.29, 0.717) is 19.6 Å². The molecule has 3 rings (SSSR count). The summed E-state index contributed by atoms with van der Waals surface area (Å²) in [7, 11) is 2.01. The average Bonchev–Trinajstić information content (AvgIpc) is 2.93. The second kappa shape index (κ2) is 8.45. The van der Waals surface area contributed by atoms with Gasteiger partial charge in [0.05, 0.1) is 31.0 Å². The number of aliphatic hydroxyl groups excluding tert-OH is 1. The summed E-state index contributed by atoms with van der Waals surface area (Å²) in [5.74, 6) is 0.917. The van der Waals surface area contributed by atoms with Crippen LogP contribution in [0.1, 0.15) is 29.7 Å². The van der Waals surface area contributed by atoms with Gasteiger partial charge in [-0.2, -0.15) is 0 Å². The lowest BCUT2D eigenvalue weighted by atomic mass is 10.1. The Balaban J connectivity index is 1.52. The van der Waals surface area contributed by atoms with Gasteiger partial charge >= 0.3 is 0 Å². The molecule has 2 atom stereocenters. The molecular weight excluding hydrogens is 326 g/mol. The van der Waals surface area contributed by atoms with Crippen LogP contribution in [0.4, 0.5) is 5.69 Å². The average molecular weight is 353 g/mol. The van der Waals surface area contributed by atoms with Gasteiger partial charge in [0.1, 0.15) is 5.84 Å². The van der Waals surface area contributed by atoms with E-state index in [2.05, 4.69) is 22.0 Å². The van der Waals surface area contributed by atoms with Crippen molar-refractivity contribution in [2.24, 2.45) is 10.7 Å². The standard InChI is InChI=1S/C21H27N3O2/c1-15(24(2)10-11-26-14-16-6-4-3-5-7-16)23-18-9-8-17-12-20(25)21(22)19(17)13-18/h3-9,13,20-21,25H,10-12,14,22H2,1-2H3/t20-,21-/m1/s1. The van der Waals surface area contributed by atoms with Crippen molar-refractivity contribution in [1.82, 2.24) is 4.90 Å². The molecule has 0 saturated heterocycles. The molecule has 3 N–H and O–H groups in total. The lowest BCUT2D eigenvalue weighted by Crippen LogP contribution is -2.28. The van der Waals surface area contributed by atoms with Gasteiger partial charge in [-0.3, -0.25) is 0 Å². The van der Waals surface area contributed by atoms with Crippen LogP contribution < -0.4 is 5.73 Å². The summed E-state index contributed by atoms with van der Waals surface area (Å²) in [6.07, 6.45) is 0.132. The van der Waals surface area contributed by atoms with Gasteiger partial charge in [-0.05, 0) is 35.7 Å². The molecule has 0 fully saturated rings. The molecule has 2 aromatic rings. The first-order valence-electron chi connectivity index (χ1n) is 8.99. The summed E-state index contributed by atoms with van der Waals surface area (Å²) in [4.78, 5) is 6.76. The van der Waals surface area contributed by atoms with Crippen LogP contribution in [0.2, 0.25) is 0 Å². The Morgan fingerprint density at radius 1 is 1.27 bits per heavy atom. The molecule has 0 aliphatic heterocycles. The van der Waals surface area contributed by atoms with Gasteiger partial charge in [-0.1, -0.05) is 36.4 Å². The van der Waals surface area contributed by atoms with E-state index in [-0.39, 0.29) is 6.04 Å². The van der Waals surface area contributed by atoms with Crippen LogP contribution in [0.15, 0.2) is 53.5 Å². The van der Waals surface area contributed by atoms with E-state index in [1.807, 2.05) is 50.4 Å². The maximum absolute atomic E-state index is 9.90. The number of aliphatic hydroxyl groups is 1. The van der Waals surface area contributed by atoms with Crippen molar-refractivity contribution >= 4 is 11.5 Å². The van der Waals surface area contributed by atoms with Crippen LogP contribution in [0.5, 0.6) is 0 Å². The summed E-state index contributed by atoms with van der Waals surface area (Å²) in [6.45, 7) is 4.01. The molecule has 0 unspecified atom stereocenters. The van der Waals surface area contributed by atoms with Crippen LogP contribution in [0.25, 0.3) is 0 Å². The predicted molar refractivity (Wildman–Crippen MR) is 105 cm³/mol. The van der Waals surface area contributed by atoms with Crippen molar-refractivity contribution in [1.29, 1.82) is 0 Å². The third-order valence-electron chi connectivity index (χ3n) is 4.86. The zero-order valence-corrected chi connectivity index (χ0v) is 15.4. The number of rotatable bonds is 6. The minimum atomic E-state index is -0.491. The molecule has 0 aromatic heterocycles. The number of likely N-dealkylation sites (N-methyl/N-ethyl adjacent to an activating group) is 1. The van der Waals surface area contributed by atoms with E-state index >= 15 is 0 Å². The number of fused-ring (bicyclic) bond motifs is 1. The Morgan fingerprint density at radius 2 is 2.04 bits per heavy atom. The molecule has 0 amide bonds. The minimum Gasteiger partial charge on any atom is -0.391 e. The van der Waals surface area contributed by atoms with Crippen molar-refractivity contribution in [2.75, 3.05) is 20.2 Å². The molecule has 5 nitrogen and oxygen atoms in total. The fraction of sp³-hybridized carbons (Fsp3) is 0.381. The predicted octanol–water partition coefficient (Wildman–Crippen LogP) is 2.80. The van der Waals surface area contributed by atoms with Crippen molar-refractivity contribution < 1.29 is 9.84 Å². The van der Waals surface area contributed by atoms with Gasteiger partial charge in [0.25, 0.3) is 0 Å². The third kappa shape index (κ3) is 4.49. The van der Waals surface area contributed by atoms with Crippen LogP contribution in [0.3, 0.4) is 0 Å². The van der Waals surface area contributed by atoms with E-state index in [4.69, 9.17) is 10.5 Å². The van der Waals surface area contributed by atoms with Gasteiger partial charge < -0.3 is 20.5 Å². The summed E-state index contributed by atoms with van der Waals surface area (Å²) < 4.78 is 5.74. The van der Waals surface area contributed by atoms with Gasteiger partial charge in [-0.15, -0.1) is 0 Å². The second-order valence-electron chi connectivity index (χ2n) is 6.80. The number of nitrogens with two attached hydrogens (primary N) is 1. The molecule has 0 spiro atoms. The Kier molecular flexibility index (Phi) is 6.04. The summed E-state index contributed by atoms with van der Waals surface area (Å²) in [5, 5.41) is 9.90. The maximum Gasteiger partial charge on any atom is 0.101 e. The summed E-state index contributed by atoms with van der Waals surface area (Å²) in [5.41, 5.74) is 10.2. The number of nitrogens with zero attached hydrogens (tertiary/aromatic N) is 2. The molecule has 138 valence electrons. The molecule has 2 aromatic carbocycles. The molecule has 0 bridgehead atoms. The molecular formula is C21H27N3O2. The Bertz CT molecular complexity index is 761. The van der Waals surface area contributed by atoms with E-state index in [1.54, 1.807) is 0 Å². The van der Waals surface area contributed by atoms with Gasteiger partial charge in [-0.25, -0.2) is 4.99 Å². The lowest BCUT2D eigenvalue weighted by molar-refractivity contribution is 0.112. The molecule has 5 heteroatoms. The van der Waals surface area contributed by atoms with Gasteiger partial charge in [0.2, 0.25) is 0 Å². The highest BCUT2D eigenvalue weighted by Gasteiger charge is 2.27. The van der Waals surface area contributed by atoms with Crippen molar-refractivity contribution in [3.63, 3.8) is 0 Å². The van der Waals surface area contributed by atoms with Crippen LogP contribution >= 0.6 is 0 Å². The fourth-order valence-corrected chi connectivity index (χ4v) is 3.11. The zero-order valence-electron chi connectivity index (χ0n) is 15.4. The third-order valence-corrected chi connectivity index (χ3v) is 4.86. The number of hydrogen-bond acceptors (Lipinski definition) is 4. The molecule has 26 heavy (non-hydrogen) atoms. The number of amidine groups is 1. The van der Waals surface area contributed by atoms with E-state index in [1.165, 1.54) is 5.56 Å². The van der Waals surface area contributed by atoms with Crippen molar-refractivity contribution in [3.8, 4) is 0 Å². The van der Waals surface area contributed by atoms with E-state index in [0.717, 1.165) is 29.2 Å². The lowest BCUT2D eigenvalue weighted by Gasteiger charge is -2.19. The van der Waals surface area contributed by atoms with Crippen molar-refractivity contribution in [3.05, 3.63) is 65.2 Å². The van der Waals surface area contributed by atoms with Crippen molar-refractivity contribution in [2.45, 2.75) is 32.1 Å². The zero-order chi connectivity index (χ0) is 18.5. The first-order chi connectivity index (χ1) is 12.5. The SMILES string of the molecule is CC(=Nc1ccc2c(c1)[C@@H](N)[C@H](O)C2)N(C)CCOCc1ccccc1. The maximum atomic E-state index is 9.90. The Labute approximate surface area is 155 Å².